The summed E-state index contributed by atoms with van der Waals surface area (Å²) in [5, 5.41) is 21.1. The Hall–Kier alpha value is -3.56. The molecule has 9 heteroatoms. The number of H-pyrrole nitrogens is 1. The minimum atomic E-state index is -1.02. The standard InChI is InChI=1S/C25H27F2N5O2/c1-2-16-4-3-5-17(8-16)14-28-15-23(33)21(11-18-9-19(26)12-20(27)10-18)30-25(34)22-13-24-29-6-7-32(24)31-22/h3-10,12-13,21,23,28-29,33H,2,11,14-15H2,1H3,(H,30,34)/t21-,23+/m0/s1. The van der Waals surface area contributed by atoms with E-state index < -0.39 is 29.7 Å². The van der Waals surface area contributed by atoms with Gasteiger partial charge >= 0.3 is 0 Å². The first-order valence-corrected chi connectivity index (χ1v) is 11.2. The summed E-state index contributed by atoms with van der Waals surface area (Å²) in [5.74, 6) is -1.92. The van der Waals surface area contributed by atoms with Crippen LogP contribution < -0.4 is 10.6 Å². The molecule has 4 rings (SSSR count). The van der Waals surface area contributed by atoms with Crippen LogP contribution in [0.15, 0.2) is 60.9 Å². The third-order valence-electron chi connectivity index (χ3n) is 5.66. The maximum absolute atomic E-state index is 13.7. The first-order chi connectivity index (χ1) is 16.4. The van der Waals surface area contributed by atoms with E-state index in [1.165, 1.54) is 22.2 Å². The summed E-state index contributed by atoms with van der Waals surface area (Å²) < 4.78 is 29.0. The highest BCUT2D eigenvalue weighted by Crippen LogP contribution is 2.13. The van der Waals surface area contributed by atoms with Gasteiger partial charge in [-0.2, -0.15) is 5.10 Å². The maximum atomic E-state index is 13.7. The van der Waals surface area contributed by atoms with Gasteiger partial charge in [0.1, 0.15) is 17.3 Å². The Bertz CT molecular complexity index is 1220. The van der Waals surface area contributed by atoms with Crippen LogP contribution in [-0.2, 0) is 19.4 Å². The SMILES string of the molecule is CCc1cccc(CNC[C@@H](O)[C@H](Cc2cc(F)cc(F)c2)NC(=O)c2cc3[nH]ccn3n2)c1. The average molecular weight is 468 g/mol. The molecule has 0 aliphatic heterocycles. The number of aliphatic hydroxyl groups excluding tert-OH is 1. The predicted octanol–water partition coefficient (Wildman–Crippen LogP) is 2.99. The van der Waals surface area contributed by atoms with Crippen LogP contribution in [0.3, 0.4) is 0 Å². The van der Waals surface area contributed by atoms with Crippen molar-refractivity contribution >= 4 is 11.6 Å². The number of benzene rings is 2. The number of halogens is 2. The Balaban J connectivity index is 1.46. The van der Waals surface area contributed by atoms with Crippen molar-refractivity contribution < 1.29 is 18.7 Å². The molecule has 0 fully saturated rings. The summed E-state index contributed by atoms with van der Waals surface area (Å²) in [4.78, 5) is 15.8. The van der Waals surface area contributed by atoms with Gasteiger partial charge in [-0.1, -0.05) is 31.2 Å². The van der Waals surface area contributed by atoms with Crippen LogP contribution in [0.2, 0.25) is 0 Å². The largest absolute Gasteiger partial charge is 0.390 e. The molecule has 2 aromatic heterocycles. The van der Waals surface area contributed by atoms with Crippen LogP contribution in [0.5, 0.6) is 0 Å². The van der Waals surface area contributed by atoms with Crippen molar-refractivity contribution in [2.24, 2.45) is 0 Å². The minimum Gasteiger partial charge on any atom is -0.390 e. The number of aliphatic hydroxyl groups is 1. The molecule has 4 N–H and O–H groups in total. The molecule has 2 heterocycles. The average Bonchev–Trinajstić information content (AvgIpc) is 3.40. The summed E-state index contributed by atoms with van der Waals surface area (Å²) in [6, 6.07) is 12.1. The Labute approximate surface area is 195 Å². The Morgan fingerprint density at radius 2 is 1.88 bits per heavy atom. The van der Waals surface area contributed by atoms with Crippen molar-refractivity contribution in [1.29, 1.82) is 0 Å². The number of rotatable bonds is 10. The molecule has 2 atom stereocenters. The number of aromatic nitrogens is 3. The molecule has 7 nitrogen and oxygen atoms in total. The van der Waals surface area contributed by atoms with Gasteiger partial charge in [0.2, 0.25) is 0 Å². The van der Waals surface area contributed by atoms with Crippen molar-refractivity contribution in [2.45, 2.75) is 38.5 Å². The van der Waals surface area contributed by atoms with Gasteiger partial charge in [-0.05, 0) is 41.7 Å². The van der Waals surface area contributed by atoms with Crippen molar-refractivity contribution in [3.8, 4) is 0 Å². The zero-order valence-electron chi connectivity index (χ0n) is 18.8. The molecule has 178 valence electrons. The van der Waals surface area contributed by atoms with E-state index in [1.807, 2.05) is 12.1 Å². The number of aryl methyl sites for hydroxylation is 1. The van der Waals surface area contributed by atoms with Crippen molar-refractivity contribution in [3.63, 3.8) is 0 Å². The molecule has 2 aromatic carbocycles. The summed E-state index contributed by atoms with van der Waals surface area (Å²) >= 11 is 0. The predicted molar refractivity (Wildman–Crippen MR) is 124 cm³/mol. The molecule has 34 heavy (non-hydrogen) atoms. The zero-order valence-corrected chi connectivity index (χ0v) is 18.8. The quantitative estimate of drug-likeness (QED) is 0.288. The minimum absolute atomic E-state index is 0.0420. The molecule has 4 aromatic rings. The molecular formula is C25H27F2N5O2. The van der Waals surface area contributed by atoms with E-state index in [1.54, 1.807) is 18.5 Å². The molecule has 0 radical (unpaired) electrons. The van der Waals surface area contributed by atoms with Gasteiger partial charge in [0, 0.05) is 37.6 Å². The Morgan fingerprint density at radius 3 is 2.62 bits per heavy atom. The molecule has 0 saturated carbocycles. The van der Waals surface area contributed by atoms with Crippen LogP contribution in [-0.4, -0.2) is 44.3 Å². The summed E-state index contributed by atoms with van der Waals surface area (Å²) in [7, 11) is 0. The second kappa shape index (κ2) is 10.6. The Kier molecular flexibility index (Phi) is 7.34. The number of nitrogens with zero attached hydrogens (tertiary/aromatic N) is 2. The van der Waals surface area contributed by atoms with Crippen LogP contribution in [0, 0.1) is 11.6 Å². The lowest BCUT2D eigenvalue weighted by Crippen LogP contribution is -2.48. The topological polar surface area (TPSA) is 94.5 Å². The van der Waals surface area contributed by atoms with E-state index in [-0.39, 0.29) is 18.7 Å². The summed E-state index contributed by atoms with van der Waals surface area (Å²) in [6.07, 6.45) is 3.32. The van der Waals surface area contributed by atoms with Crippen molar-refractivity contribution in [2.75, 3.05) is 6.54 Å². The first kappa shape index (κ1) is 23.6. The lowest BCUT2D eigenvalue weighted by molar-refractivity contribution is 0.0825. The number of fused-ring (bicyclic) bond motifs is 1. The van der Waals surface area contributed by atoms with Gasteiger partial charge in [-0.15, -0.1) is 0 Å². The monoisotopic (exact) mass is 467 g/mol. The van der Waals surface area contributed by atoms with Crippen LogP contribution in [0.1, 0.15) is 34.1 Å². The fourth-order valence-corrected chi connectivity index (χ4v) is 3.89. The lowest BCUT2D eigenvalue weighted by Gasteiger charge is -2.24. The molecule has 0 bridgehead atoms. The molecule has 0 spiro atoms. The third kappa shape index (κ3) is 5.86. The maximum Gasteiger partial charge on any atom is 0.272 e. The van der Waals surface area contributed by atoms with Gasteiger partial charge in [0.25, 0.3) is 5.91 Å². The molecule has 0 unspecified atom stereocenters. The van der Waals surface area contributed by atoms with E-state index in [4.69, 9.17) is 0 Å². The summed E-state index contributed by atoms with van der Waals surface area (Å²) in [6.45, 7) is 2.79. The fourth-order valence-electron chi connectivity index (χ4n) is 3.89. The number of aromatic amines is 1. The van der Waals surface area contributed by atoms with Gasteiger partial charge in [0.05, 0.1) is 12.1 Å². The fraction of sp³-hybridized carbons (Fsp3) is 0.280. The van der Waals surface area contributed by atoms with Crippen LogP contribution in [0.4, 0.5) is 8.78 Å². The molecule has 0 aliphatic rings. The third-order valence-corrected chi connectivity index (χ3v) is 5.66. The van der Waals surface area contributed by atoms with Crippen LogP contribution >= 0.6 is 0 Å². The van der Waals surface area contributed by atoms with E-state index in [0.29, 0.717) is 17.8 Å². The molecular weight excluding hydrogens is 440 g/mol. The smallest absolute Gasteiger partial charge is 0.272 e. The van der Waals surface area contributed by atoms with Gasteiger partial charge in [0.15, 0.2) is 5.69 Å². The molecule has 0 aliphatic carbocycles. The first-order valence-electron chi connectivity index (χ1n) is 11.2. The highest BCUT2D eigenvalue weighted by Gasteiger charge is 2.24. The van der Waals surface area contributed by atoms with Crippen molar-refractivity contribution in [1.82, 2.24) is 25.2 Å². The van der Waals surface area contributed by atoms with Gasteiger partial charge < -0.3 is 20.7 Å². The second-order valence-corrected chi connectivity index (χ2v) is 8.25. The number of hydrogen-bond donors (Lipinski definition) is 4. The second-order valence-electron chi connectivity index (χ2n) is 8.25. The van der Waals surface area contributed by atoms with Gasteiger partial charge in [-0.25, -0.2) is 13.3 Å². The normalized spacial score (nSPS) is 13.2. The number of amides is 1. The number of imidazole rings is 1. The summed E-state index contributed by atoms with van der Waals surface area (Å²) in [5.41, 5.74) is 3.43. The number of carbonyl (C=O) groups excluding carboxylic acids is 1. The van der Waals surface area contributed by atoms with Crippen LogP contribution in [0.25, 0.3) is 5.65 Å². The van der Waals surface area contributed by atoms with E-state index in [2.05, 4.69) is 39.8 Å². The van der Waals surface area contributed by atoms with Crippen molar-refractivity contribution in [3.05, 3.63) is 94.9 Å². The highest BCUT2D eigenvalue weighted by atomic mass is 19.1. The van der Waals surface area contributed by atoms with E-state index >= 15 is 0 Å². The molecule has 0 saturated heterocycles. The number of nitrogens with one attached hydrogen (secondary N) is 3. The number of hydrogen-bond acceptors (Lipinski definition) is 4. The van der Waals surface area contributed by atoms with E-state index in [0.717, 1.165) is 18.1 Å². The number of carbonyl (C=O) groups is 1. The van der Waals surface area contributed by atoms with E-state index in [9.17, 15) is 18.7 Å². The zero-order chi connectivity index (χ0) is 24.1. The lowest BCUT2D eigenvalue weighted by atomic mass is 10.00. The molecule has 1 amide bonds. The Morgan fingerprint density at radius 1 is 1.12 bits per heavy atom. The highest BCUT2D eigenvalue weighted by molar-refractivity contribution is 5.93. The van der Waals surface area contributed by atoms with Gasteiger partial charge in [-0.3, -0.25) is 4.79 Å².